The fourth-order valence-corrected chi connectivity index (χ4v) is 1.44. The molecule has 0 saturated heterocycles. The van der Waals surface area contributed by atoms with Crippen LogP contribution in [0.2, 0.25) is 0 Å². The maximum atomic E-state index is 5.19. The number of aromatic nitrogens is 1. The first-order valence-electron chi connectivity index (χ1n) is 4.63. The molecule has 2 heterocycles. The summed E-state index contributed by atoms with van der Waals surface area (Å²) in [6.45, 7) is 0.482. The molecule has 1 aliphatic rings. The van der Waals surface area contributed by atoms with Crippen LogP contribution in [0, 0.1) is 0 Å². The van der Waals surface area contributed by atoms with E-state index in [0.29, 0.717) is 12.4 Å². The highest BCUT2D eigenvalue weighted by atomic mass is 16.5. The first-order valence-corrected chi connectivity index (χ1v) is 4.63. The lowest BCUT2D eigenvalue weighted by Crippen LogP contribution is -2.07. The molecule has 0 unspecified atom stereocenters. The Balaban J connectivity index is 2.53. The largest absolute Gasteiger partial charge is 0.499 e. The van der Waals surface area contributed by atoms with Crippen LogP contribution in [0.15, 0.2) is 29.1 Å². The maximum absolute atomic E-state index is 5.19. The predicted molar refractivity (Wildman–Crippen MR) is 57.6 cm³/mol. The van der Waals surface area contributed by atoms with Crippen LogP contribution in [0.3, 0.4) is 0 Å². The zero-order valence-electron chi connectivity index (χ0n) is 8.73. The zero-order chi connectivity index (χ0) is 10.7. The van der Waals surface area contributed by atoms with Crippen LogP contribution >= 0.6 is 0 Å². The molecule has 1 aromatic rings. The molecule has 15 heavy (non-hydrogen) atoms. The van der Waals surface area contributed by atoms with Crippen molar-refractivity contribution in [2.75, 3.05) is 20.8 Å². The van der Waals surface area contributed by atoms with E-state index in [4.69, 9.17) is 9.47 Å². The van der Waals surface area contributed by atoms with Gasteiger partial charge in [0.2, 0.25) is 5.90 Å². The van der Waals surface area contributed by atoms with Gasteiger partial charge in [0.25, 0.3) is 0 Å². The second kappa shape index (κ2) is 4.13. The molecule has 0 radical (unpaired) electrons. The second-order valence-corrected chi connectivity index (χ2v) is 3.08. The van der Waals surface area contributed by atoms with Gasteiger partial charge in [-0.1, -0.05) is 6.07 Å². The van der Waals surface area contributed by atoms with E-state index in [1.54, 1.807) is 20.4 Å². The third-order valence-electron chi connectivity index (χ3n) is 2.19. The molecule has 4 nitrogen and oxygen atoms in total. The van der Waals surface area contributed by atoms with Crippen molar-refractivity contribution >= 4 is 12.0 Å². The molecule has 1 aliphatic heterocycles. The Morgan fingerprint density at radius 3 is 2.87 bits per heavy atom. The minimum absolute atomic E-state index is 0.482. The van der Waals surface area contributed by atoms with E-state index < -0.39 is 0 Å². The van der Waals surface area contributed by atoms with Crippen molar-refractivity contribution in [3.8, 4) is 0 Å². The molecule has 4 heteroatoms. The van der Waals surface area contributed by atoms with Gasteiger partial charge >= 0.3 is 0 Å². The highest BCUT2D eigenvalue weighted by molar-refractivity contribution is 5.96. The Bertz CT molecular complexity index is 424. The summed E-state index contributed by atoms with van der Waals surface area (Å²) in [5, 5.41) is 0. The predicted octanol–water partition coefficient (Wildman–Crippen LogP) is 1.48. The summed E-state index contributed by atoms with van der Waals surface area (Å²) < 4.78 is 10.4. The molecular formula is C11H12N2O2. The van der Waals surface area contributed by atoms with Crippen molar-refractivity contribution < 1.29 is 9.47 Å². The lowest BCUT2D eigenvalue weighted by atomic mass is 10.2. The first-order chi connectivity index (χ1) is 7.35. The average molecular weight is 204 g/mol. The van der Waals surface area contributed by atoms with Crippen molar-refractivity contribution in [1.82, 2.24) is 4.98 Å². The molecule has 0 amide bonds. The fraction of sp³-hybridized carbons (Fsp3) is 0.273. The summed E-state index contributed by atoms with van der Waals surface area (Å²) in [5.74, 6) is 1.35. The molecule has 1 aromatic heterocycles. The number of rotatable bonds is 1. The SMILES string of the molecule is COC1=Cc2cccnc2C(OC)=NC1. The number of pyridine rings is 1. The van der Waals surface area contributed by atoms with Crippen molar-refractivity contribution in [2.45, 2.75) is 0 Å². The molecule has 0 atom stereocenters. The molecule has 0 bridgehead atoms. The van der Waals surface area contributed by atoms with Gasteiger partial charge in [-0.25, -0.2) is 4.99 Å². The molecule has 78 valence electrons. The van der Waals surface area contributed by atoms with E-state index in [2.05, 4.69) is 9.98 Å². The number of nitrogens with zero attached hydrogens (tertiary/aromatic N) is 2. The average Bonchev–Trinajstić information content (AvgIpc) is 2.47. The molecule has 0 aromatic carbocycles. The Labute approximate surface area is 88.3 Å². The molecule has 2 rings (SSSR count). The van der Waals surface area contributed by atoms with Crippen LogP contribution in [0.1, 0.15) is 11.3 Å². The number of hydrogen-bond donors (Lipinski definition) is 0. The van der Waals surface area contributed by atoms with Crippen LogP contribution in [0.25, 0.3) is 6.08 Å². The number of fused-ring (bicyclic) bond motifs is 1. The van der Waals surface area contributed by atoms with Crippen LogP contribution < -0.4 is 0 Å². The van der Waals surface area contributed by atoms with Gasteiger partial charge in [-0.15, -0.1) is 0 Å². The van der Waals surface area contributed by atoms with Crippen molar-refractivity contribution in [3.05, 3.63) is 35.3 Å². The highest BCUT2D eigenvalue weighted by Crippen LogP contribution is 2.16. The monoisotopic (exact) mass is 204 g/mol. The summed E-state index contributed by atoms with van der Waals surface area (Å²) >= 11 is 0. The van der Waals surface area contributed by atoms with E-state index in [1.807, 2.05) is 18.2 Å². The van der Waals surface area contributed by atoms with Crippen molar-refractivity contribution in [3.63, 3.8) is 0 Å². The van der Waals surface area contributed by atoms with Gasteiger partial charge in [-0.05, 0) is 12.1 Å². The van der Waals surface area contributed by atoms with E-state index in [-0.39, 0.29) is 0 Å². The molecule has 0 N–H and O–H groups in total. The Morgan fingerprint density at radius 2 is 2.13 bits per heavy atom. The van der Waals surface area contributed by atoms with Crippen molar-refractivity contribution in [1.29, 1.82) is 0 Å². The maximum Gasteiger partial charge on any atom is 0.236 e. The second-order valence-electron chi connectivity index (χ2n) is 3.08. The van der Waals surface area contributed by atoms with Crippen LogP contribution in [-0.2, 0) is 9.47 Å². The van der Waals surface area contributed by atoms with E-state index in [0.717, 1.165) is 17.0 Å². The van der Waals surface area contributed by atoms with Gasteiger partial charge in [0.05, 0.1) is 14.2 Å². The van der Waals surface area contributed by atoms with E-state index in [1.165, 1.54) is 0 Å². The minimum Gasteiger partial charge on any atom is -0.499 e. The Kier molecular flexibility index (Phi) is 2.67. The third kappa shape index (κ3) is 1.83. The Hall–Kier alpha value is -1.84. The zero-order valence-corrected chi connectivity index (χ0v) is 8.73. The van der Waals surface area contributed by atoms with Gasteiger partial charge in [-0.3, -0.25) is 4.98 Å². The molecular weight excluding hydrogens is 192 g/mol. The number of hydrogen-bond acceptors (Lipinski definition) is 4. The van der Waals surface area contributed by atoms with E-state index in [9.17, 15) is 0 Å². The molecule has 0 saturated carbocycles. The smallest absolute Gasteiger partial charge is 0.236 e. The lowest BCUT2D eigenvalue weighted by molar-refractivity contribution is 0.290. The highest BCUT2D eigenvalue weighted by Gasteiger charge is 2.14. The van der Waals surface area contributed by atoms with Crippen molar-refractivity contribution in [2.24, 2.45) is 4.99 Å². The van der Waals surface area contributed by atoms with Gasteiger partial charge in [0, 0.05) is 11.8 Å². The third-order valence-corrected chi connectivity index (χ3v) is 2.19. The fourth-order valence-electron chi connectivity index (χ4n) is 1.44. The lowest BCUT2D eigenvalue weighted by Gasteiger charge is -2.04. The summed E-state index contributed by atoms with van der Waals surface area (Å²) in [7, 11) is 3.23. The van der Waals surface area contributed by atoms with Crippen LogP contribution in [0.4, 0.5) is 0 Å². The minimum atomic E-state index is 0.482. The van der Waals surface area contributed by atoms with Gasteiger partial charge in [0.15, 0.2) is 0 Å². The summed E-state index contributed by atoms with van der Waals surface area (Å²) in [6, 6.07) is 3.84. The number of ether oxygens (including phenoxy) is 2. The molecule has 0 spiro atoms. The van der Waals surface area contributed by atoms with E-state index >= 15 is 0 Å². The summed E-state index contributed by atoms with van der Waals surface area (Å²) in [5.41, 5.74) is 1.72. The number of methoxy groups -OCH3 is 2. The summed E-state index contributed by atoms with van der Waals surface area (Å²) in [4.78, 5) is 8.52. The van der Waals surface area contributed by atoms with Gasteiger partial charge in [0.1, 0.15) is 18.0 Å². The normalized spacial score (nSPS) is 14.5. The molecule has 0 aliphatic carbocycles. The Morgan fingerprint density at radius 1 is 1.27 bits per heavy atom. The van der Waals surface area contributed by atoms with Crippen LogP contribution in [-0.4, -0.2) is 31.6 Å². The van der Waals surface area contributed by atoms with Crippen LogP contribution in [0.5, 0.6) is 0 Å². The quantitative estimate of drug-likeness (QED) is 0.695. The molecule has 0 fully saturated rings. The van der Waals surface area contributed by atoms with Gasteiger partial charge < -0.3 is 9.47 Å². The standard InChI is InChI=1S/C11H12N2O2/c1-14-9-6-8-4-3-5-12-10(8)11(15-2)13-7-9/h3-6H,7H2,1-2H3. The van der Waals surface area contributed by atoms with Gasteiger partial charge in [-0.2, -0.15) is 0 Å². The number of aliphatic imine (C=N–C) groups is 1. The topological polar surface area (TPSA) is 43.7 Å². The summed E-state index contributed by atoms with van der Waals surface area (Å²) in [6.07, 6.45) is 3.65. The first kappa shape index (κ1) is 9.71.